The van der Waals surface area contributed by atoms with Crippen LogP contribution in [0.25, 0.3) is 0 Å². The molecule has 0 atom stereocenters. The van der Waals surface area contributed by atoms with Crippen LogP contribution < -0.4 is 15.4 Å². The number of anilines is 3. The summed E-state index contributed by atoms with van der Waals surface area (Å²) in [5, 5.41) is 9.10. The lowest BCUT2D eigenvalue weighted by molar-refractivity contribution is 0.0698. The van der Waals surface area contributed by atoms with Crippen LogP contribution in [-0.4, -0.2) is 25.2 Å². The molecule has 0 aliphatic rings. The third kappa shape index (κ3) is 2.66. The van der Waals surface area contributed by atoms with E-state index in [1.807, 2.05) is 36.2 Å². The zero-order valence-corrected chi connectivity index (χ0v) is 11.3. The second-order valence-corrected chi connectivity index (χ2v) is 4.33. The Morgan fingerprint density at radius 2 is 1.75 bits per heavy atom. The van der Waals surface area contributed by atoms with Gasteiger partial charge in [-0.05, 0) is 42.5 Å². The number of aromatic carboxylic acids is 1. The van der Waals surface area contributed by atoms with Gasteiger partial charge in [-0.15, -0.1) is 0 Å². The molecule has 3 N–H and O–H groups in total. The zero-order chi connectivity index (χ0) is 14.7. The third-order valence-corrected chi connectivity index (χ3v) is 3.11. The van der Waals surface area contributed by atoms with Crippen LogP contribution >= 0.6 is 0 Å². The van der Waals surface area contributed by atoms with Gasteiger partial charge in [0.05, 0.1) is 12.7 Å². The van der Waals surface area contributed by atoms with Crippen LogP contribution in [0.1, 0.15) is 10.4 Å². The van der Waals surface area contributed by atoms with Crippen molar-refractivity contribution < 1.29 is 14.6 Å². The predicted molar refractivity (Wildman–Crippen MR) is 78.9 cm³/mol. The van der Waals surface area contributed by atoms with Crippen LogP contribution in [0.2, 0.25) is 0 Å². The summed E-state index contributed by atoms with van der Waals surface area (Å²) in [4.78, 5) is 13.0. The molecular formula is C15H16N2O3. The van der Waals surface area contributed by atoms with Crippen molar-refractivity contribution in [3.63, 3.8) is 0 Å². The average molecular weight is 272 g/mol. The molecule has 5 heteroatoms. The molecule has 0 aromatic heterocycles. The summed E-state index contributed by atoms with van der Waals surface area (Å²) >= 11 is 0. The summed E-state index contributed by atoms with van der Waals surface area (Å²) in [7, 11) is 3.47. The minimum absolute atomic E-state index is 0.0999. The average Bonchev–Trinajstić information content (AvgIpc) is 2.47. The molecule has 2 aromatic carbocycles. The molecule has 0 unspecified atom stereocenters. The largest absolute Gasteiger partial charge is 0.497 e. The van der Waals surface area contributed by atoms with Gasteiger partial charge in [0.25, 0.3) is 0 Å². The summed E-state index contributed by atoms with van der Waals surface area (Å²) in [6, 6.07) is 12.4. The fourth-order valence-electron chi connectivity index (χ4n) is 1.89. The maximum Gasteiger partial charge on any atom is 0.337 e. The number of carboxylic acid groups (broad SMARTS) is 1. The van der Waals surface area contributed by atoms with Crippen molar-refractivity contribution in [2.24, 2.45) is 0 Å². The molecule has 104 valence electrons. The van der Waals surface area contributed by atoms with Crippen LogP contribution in [0, 0.1) is 0 Å². The van der Waals surface area contributed by atoms with Crippen LogP contribution in [0.3, 0.4) is 0 Å². The normalized spacial score (nSPS) is 10.1. The van der Waals surface area contributed by atoms with Gasteiger partial charge in [0, 0.05) is 24.1 Å². The fourth-order valence-corrected chi connectivity index (χ4v) is 1.89. The number of carbonyl (C=O) groups is 1. The van der Waals surface area contributed by atoms with E-state index < -0.39 is 5.97 Å². The molecule has 5 nitrogen and oxygen atoms in total. The molecule has 0 heterocycles. The van der Waals surface area contributed by atoms with E-state index in [1.165, 1.54) is 0 Å². The molecule has 0 amide bonds. The lowest BCUT2D eigenvalue weighted by atomic mass is 10.1. The second-order valence-electron chi connectivity index (χ2n) is 4.33. The topological polar surface area (TPSA) is 75.8 Å². The fraction of sp³-hybridized carbons (Fsp3) is 0.133. The maximum atomic E-state index is 11.1. The van der Waals surface area contributed by atoms with Crippen LogP contribution in [0.4, 0.5) is 17.1 Å². The van der Waals surface area contributed by atoms with Gasteiger partial charge in [-0.1, -0.05) is 0 Å². The van der Waals surface area contributed by atoms with E-state index in [2.05, 4.69) is 0 Å². The van der Waals surface area contributed by atoms with Crippen molar-refractivity contribution in [1.82, 2.24) is 0 Å². The van der Waals surface area contributed by atoms with Crippen molar-refractivity contribution >= 4 is 23.0 Å². The highest BCUT2D eigenvalue weighted by atomic mass is 16.5. The van der Waals surface area contributed by atoms with Gasteiger partial charge in [-0.25, -0.2) is 4.79 Å². The highest BCUT2D eigenvalue weighted by Gasteiger charge is 2.11. The van der Waals surface area contributed by atoms with Crippen molar-refractivity contribution in [3.05, 3.63) is 48.0 Å². The number of nitrogens with zero attached hydrogens (tertiary/aromatic N) is 1. The molecule has 0 aliphatic heterocycles. The first-order valence-corrected chi connectivity index (χ1v) is 6.03. The molecule has 0 saturated heterocycles. The standard InChI is InChI=1S/C15H16N2O3/c1-17(10-3-6-12(20-2)7-4-10)11-5-8-14(16)13(9-11)15(18)19/h3-9H,16H2,1-2H3,(H,18,19). The number of methoxy groups -OCH3 is 1. The van der Waals surface area contributed by atoms with E-state index in [0.717, 1.165) is 17.1 Å². The van der Waals surface area contributed by atoms with Crippen molar-refractivity contribution in [1.29, 1.82) is 0 Å². The number of hydrogen-bond acceptors (Lipinski definition) is 4. The van der Waals surface area contributed by atoms with E-state index >= 15 is 0 Å². The van der Waals surface area contributed by atoms with Crippen LogP contribution in [0.15, 0.2) is 42.5 Å². The lowest BCUT2D eigenvalue weighted by Crippen LogP contribution is -2.11. The first kappa shape index (κ1) is 13.7. The smallest absolute Gasteiger partial charge is 0.337 e. The molecule has 0 fully saturated rings. The maximum absolute atomic E-state index is 11.1. The van der Waals surface area contributed by atoms with E-state index in [0.29, 0.717) is 0 Å². The van der Waals surface area contributed by atoms with E-state index in [4.69, 9.17) is 15.6 Å². The van der Waals surface area contributed by atoms with E-state index in [-0.39, 0.29) is 11.3 Å². The molecule has 2 aromatic rings. The zero-order valence-electron chi connectivity index (χ0n) is 11.3. The number of rotatable bonds is 4. The molecule has 2 rings (SSSR count). The molecule has 0 radical (unpaired) electrons. The third-order valence-electron chi connectivity index (χ3n) is 3.11. The molecular weight excluding hydrogens is 256 g/mol. The highest BCUT2D eigenvalue weighted by molar-refractivity contribution is 5.95. The highest BCUT2D eigenvalue weighted by Crippen LogP contribution is 2.28. The van der Waals surface area contributed by atoms with Crippen LogP contribution in [-0.2, 0) is 0 Å². The summed E-state index contributed by atoms with van der Waals surface area (Å²) in [5.74, 6) is -0.266. The van der Waals surface area contributed by atoms with Crippen molar-refractivity contribution in [3.8, 4) is 5.75 Å². The van der Waals surface area contributed by atoms with Gasteiger partial charge in [0.2, 0.25) is 0 Å². The monoisotopic (exact) mass is 272 g/mol. The molecule has 0 saturated carbocycles. The van der Waals surface area contributed by atoms with Gasteiger partial charge in [0.1, 0.15) is 5.75 Å². The molecule has 0 bridgehead atoms. The number of hydrogen-bond donors (Lipinski definition) is 2. The first-order chi connectivity index (χ1) is 9.52. The molecule has 20 heavy (non-hydrogen) atoms. The summed E-state index contributed by atoms with van der Waals surface area (Å²) in [5.41, 5.74) is 7.68. The van der Waals surface area contributed by atoms with Crippen LogP contribution in [0.5, 0.6) is 5.75 Å². The Hall–Kier alpha value is -2.69. The Labute approximate surface area is 117 Å². The number of benzene rings is 2. The van der Waals surface area contributed by atoms with Gasteiger partial charge in [0.15, 0.2) is 0 Å². The minimum Gasteiger partial charge on any atom is -0.497 e. The van der Waals surface area contributed by atoms with Crippen molar-refractivity contribution in [2.75, 3.05) is 24.8 Å². The first-order valence-electron chi connectivity index (χ1n) is 6.03. The summed E-state index contributed by atoms with van der Waals surface area (Å²) in [6.45, 7) is 0. The van der Waals surface area contributed by atoms with Gasteiger partial charge in [-0.2, -0.15) is 0 Å². The Bertz CT molecular complexity index is 624. The number of nitrogen functional groups attached to an aromatic ring is 1. The quantitative estimate of drug-likeness (QED) is 0.837. The summed E-state index contributed by atoms with van der Waals surface area (Å²) in [6.07, 6.45) is 0. The van der Waals surface area contributed by atoms with E-state index in [1.54, 1.807) is 25.3 Å². The lowest BCUT2D eigenvalue weighted by Gasteiger charge is -2.20. The Balaban J connectivity index is 2.34. The molecule has 0 aliphatic carbocycles. The van der Waals surface area contributed by atoms with Gasteiger partial charge in [-0.3, -0.25) is 0 Å². The number of carboxylic acids is 1. The van der Waals surface area contributed by atoms with Gasteiger partial charge >= 0.3 is 5.97 Å². The van der Waals surface area contributed by atoms with Gasteiger partial charge < -0.3 is 20.5 Å². The Kier molecular flexibility index (Phi) is 3.79. The molecule has 0 spiro atoms. The Morgan fingerprint density at radius 3 is 2.30 bits per heavy atom. The summed E-state index contributed by atoms with van der Waals surface area (Å²) < 4.78 is 5.11. The number of nitrogens with two attached hydrogens (primary N) is 1. The SMILES string of the molecule is COc1ccc(N(C)c2ccc(N)c(C(=O)O)c2)cc1. The van der Waals surface area contributed by atoms with Crippen molar-refractivity contribution in [2.45, 2.75) is 0 Å². The second kappa shape index (κ2) is 5.52. The minimum atomic E-state index is -1.03. The number of ether oxygens (including phenoxy) is 1. The van der Waals surface area contributed by atoms with E-state index in [9.17, 15) is 4.79 Å². The Morgan fingerprint density at radius 1 is 1.15 bits per heavy atom. The predicted octanol–water partition coefficient (Wildman–Crippen LogP) is 2.74.